The number of hydrogen-bond donors (Lipinski definition) is 0. The molecule has 1 fully saturated rings. The Morgan fingerprint density at radius 2 is 1.63 bits per heavy atom. The maximum absolute atomic E-state index is 11.9. The van der Waals surface area contributed by atoms with Gasteiger partial charge in [0.15, 0.2) is 0 Å². The lowest BCUT2D eigenvalue weighted by Gasteiger charge is -2.16. The molecule has 5 nitrogen and oxygen atoms in total. The fourth-order valence-corrected chi connectivity index (χ4v) is 1.69. The third-order valence-corrected chi connectivity index (χ3v) is 3.06. The average Bonchev–Trinajstić information content (AvgIpc) is 3.20. The zero-order valence-corrected chi connectivity index (χ0v) is 12.0. The smallest absolute Gasteiger partial charge is 0.323 e. The van der Waals surface area contributed by atoms with Gasteiger partial charge >= 0.3 is 11.9 Å². The third-order valence-electron chi connectivity index (χ3n) is 3.06. The van der Waals surface area contributed by atoms with Gasteiger partial charge in [-0.3, -0.25) is 14.5 Å². The predicted octanol–water partition coefficient (Wildman–Crippen LogP) is 1.75. The van der Waals surface area contributed by atoms with E-state index in [1.807, 2.05) is 18.7 Å². The van der Waals surface area contributed by atoms with Gasteiger partial charge in [0.1, 0.15) is 6.04 Å². The van der Waals surface area contributed by atoms with E-state index in [2.05, 4.69) is 0 Å². The van der Waals surface area contributed by atoms with Crippen LogP contribution in [0.3, 0.4) is 0 Å². The van der Waals surface area contributed by atoms with Gasteiger partial charge in [0.2, 0.25) is 0 Å². The summed E-state index contributed by atoms with van der Waals surface area (Å²) in [4.78, 5) is 25.5. The zero-order chi connectivity index (χ0) is 14.1. The van der Waals surface area contributed by atoms with Crippen LogP contribution in [0.1, 0.15) is 46.0 Å². The molecule has 0 aromatic rings. The molecule has 0 radical (unpaired) electrons. The van der Waals surface area contributed by atoms with Gasteiger partial charge in [0.25, 0.3) is 0 Å². The van der Waals surface area contributed by atoms with Crippen molar-refractivity contribution in [1.82, 2.24) is 4.90 Å². The van der Waals surface area contributed by atoms with Crippen molar-refractivity contribution >= 4 is 11.9 Å². The second-order valence-corrected chi connectivity index (χ2v) is 4.85. The number of ether oxygens (including phenoxy) is 2. The van der Waals surface area contributed by atoms with Gasteiger partial charge < -0.3 is 9.47 Å². The van der Waals surface area contributed by atoms with Crippen LogP contribution in [0.4, 0.5) is 0 Å². The minimum atomic E-state index is -0.453. The lowest BCUT2D eigenvalue weighted by molar-refractivity contribution is -0.154. The lowest BCUT2D eigenvalue weighted by Crippen LogP contribution is -2.34. The standard InChI is InChI=1S/C14H25NO4/c1-3-5-9-18-13(16)11-12(15-7-8-15)14(17)19-10-6-4-2/h12H,3-11H2,1-2H3/t12-/m1/s1. The molecule has 5 heteroatoms. The van der Waals surface area contributed by atoms with E-state index in [4.69, 9.17) is 9.47 Å². The molecule has 1 aliphatic heterocycles. The summed E-state index contributed by atoms with van der Waals surface area (Å²) in [6.07, 6.45) is 3.80. The van der Waals surface area contributed by atoms with E-state index in [1.54, 1.807) is 0 Å². The van der Waals surface area contributed by atoms with Gasteiger partial charge in [-0.05, 0) is 12.8 Å². The van der Waals surface area contributed by atoms with E-state index < -0.39 is 6.04 Å². The van der Waals surface area contributed by atoms with E-state index in [9.17, 15) is 9.59 Å². The first-order valence-corrected chi connectivity index (χ1v) is 7.25. The van der Waals surface area contributed by atoms with Gasteiger partial charge in [-0.2, -0.15) is 0 Å². The van der Waals surface area contributed by atoms with Crippen molar-refractivity contribution in [2.45, 2.75) is 52.0 Å². The van der Waals surface area contributed by atoms with Crippen LogP contribution in [-0.4, -0.2) is 49.2 Å². The number of rotatable bonds is 10. The van der Waals surface area contributed by atoms with E-state index >= 15 is 0 Å². The van der Waals surface area contributed by atoms with Crippen LogP contribution < -0.4 is 0 Å². The van der Waals surface area contributed by atoms with Gasteiger partial charge in [0, 0.05) is 13.1 Å². The van der Waals surface area contributed by atoms with Crippen molar-refractivity contribution in [3.63, 3.8) is 0 Å². The molecule has 0 aromatic carbocycles. The molecule has 0 aliphatic carbocycles. The van der Waals surface area contributed by atoms with Gasteiger partial charge in [-0.15, -0.1) is 0 Å². The molecule has 1 aliphatic rings. The highest BCUT2D eigenvalue weighted by molar-refractivity contribution is 5.83. The van der Waals surface area contributed by atoms with Crippen LogP contribution >= 0.6 is 0 Å². The SMILES string of the molecule is CCCCOC(=O)C[C@H](C(=O)OCCCC)N1CC1. The molecule has 1 rings (SSSR count). The van der Waals surface area contributed by atoms with E-state index in [-0.39, 0.29) is 18.4 Å². The Morgan fingerprint density at radius 3 is 2.16 bits per heavy atom. The fraction of sp³-hybridized carbons (Fsp3) is 0.857. The number of carbonyl (C=O) groups is 2. The second-order valence-electron chi connectivity index (χ2n) is 4.85. The Balaban J connectivity index is 2.31. The molecule has 19 heavy (non-hydrogen) atoms. The molecule has 0 saturated carbocycles. The van der Waals surface area contributed by atoms with Crippen molar-refractivity contribution in [2.75, 3.05) is 26.3 Å². The van der Waals surface area contributed by atoms with Crippen LogP contribution in [0, 0.1) is 0 Å². The Labute approximate surface area is 115 Å². The molecule has 1 heterocycles. The minimum Gasteiger partial charge on any atom is -0.466 e. The first kappa shape index (κ1) is 16.0. The van der Waals surface area contributed by atoms with Crippen LogP contribution in [0.2, 0.25) is 0 Å². The fourth-order valence-electron chi connectivity index (χ4n) is 1.69. The molecule has 0 spiro atoms. The summed E-state index contributed by atoms with van der Waals surface area (Å²) < 4.78 is 10.3. The number of carbonyl (C=O) groups excluding carboxylic acids is 2. The number of unbranched alkanes of at least 4 members (excludes halogenated alkanes) is 2. The lowest BCUT2D eigenvalue weighted by atomic mass is 10.2. The van der Waals surface area contributed by atoms with Gasteiger partial charge in [-0.25, -0.2) is 0 Å². The molecule has 1 saturated heterocycles. The van der Waals surface area contributed by atoms with Crippen molar-refractivity contribution in [3.8, 4) is 0 Å². The second kappa shape index (κ2) is 8.91. The van der Waals surface area contributed by atoms with Crippen molar-refractivity contribution in [1.29, 1.82) is 0 Å². The maximum Gasteiger partial charge on any atom is 0.323 e. The Bertz CT molecular complexity index is 289. The first-order chi connectivity index (χ1) is 9.19. The summed E-state index contributed by atoms with van der Waals surface area (Å²) in [5, 5.41) is 0. The van der Waals surface area contributed by atoms with Crippen molar-refractivity contribution < 1.29 is 19.1 Å². The average molecular weight is 271 g/mol. The summed E-state index contributed by atoms with van der Waals surface area (Å²) in [6.45, 7) is 6.67. The molecular weight excluding hydrogens is 246 g/mol. The number of nitrogens with zero attached hydrogens (tertiary/aromatic N) is 1. The van der Waals surface area contributed by atoms with E-state index in [1.165, 1.54) is 0 Å². The molecule has 0 bridgehead atoms. The Morgan fingerprint density at radius 1 is 1.05 bits per heavy atom. The minimum absolute atomic E-state index is 0.106. The first-order valence-electron chi connectivity index (χ1n) is 7.25. The third kappa shape index (κ3) is 6.57. The van der Waals surface area contributed by atoms with Gasteiger partial charge in [0.05, 0.1) is 19.6 Å². The predicted molar refractivity (Wildman–Crippen MR) is 71.7 cm³/mol. The van der Waals surface area contributed by atoms with Crippen LogP contribution in [0.25, 0.3) is 0 Å². The van der Waals surface area contributed by atoms with Crippen molar-refractivity contribution in [3.05, 3.63) is 0 Å². The number of esters is 2. The molecule has 1 atom stereocenters. The van der Waals surface area contributed by atoms with Crippen LogP contribution in [0.5, 0.6) is 0 Å². The highest BCUT2D eigenvalue weighted by Crippen LogP contribution is 2.16. The summed E-state index contributed by atoms with van der Waals surface area (Å²) >= 11 is 0. The molecule has 0 amide bonds. The maximum atomic E-state index is 11.9. The molecule has 110 valence electrons. The topological polar surface area (TPSA) is 55.6 Å². The highest BCUT2D eigenvalue weighted by Gasteiger charge is 2.36. The summed E-state index contributed by atoms with van der Waals surface area (Å²) in [7, 11) is 0. The van der Waals surface area contributed by atoms with Crippen LogP contribution in [-0.2, 0) is 19.1 Å². The monoisotopic (exact) mass is 271 g/mol. The van der Waals surface area contributed by atoms with Gasteiger partial charge in [-0.1, -0.05) is 26.7 Å². The normalized spacial score (nSPS) is 15.9. The molecule has 0 N–H and O–H groups in total. The van der Waals surface area contributed by atoms with E-state index in [0.717, 1.165) is 38.8 Å². The highest BCUT2D eigenvalue weighted by atomic mass is 16.5. The summed E-state index contributed by atoms with van der Waals surface area (Å²) in [6, 6.07) is -0.453. The quantitative estimate of drug-likeness (QED) is 0.344. The molecule has 0 aromatic heterocycles. The largest absolute Gasteiger partial charge is 0.466 e. The van der Waals surface area contributed by atoms with Crippen molar-refractivity contribution in [2.24, 2.45) is 0 Å². The van der Waals surface area contributed by atoms with Crippen LogP contribution in [0.15, 0.2) is 0 Å². The van der Waals surface area contributed by atoms with E-state index in [0.29, 0.717) is 13.2 Å². The summed E-state index contributed by atoms with van der Waals surface area (Å²) in [5.74, 6) is -0.601. The molecule has 0 unspecified atom stereocenters. The Kier molecular flexibility index (Phi) is 7.48. The summed E-state index contributed by atoms with van der Waals surface area (Å²) in [5.41, 5.74) is 0. The Hall–Kier alpha value is -1.10. The molecular formula is C14H25NO4. The zero-order valence-electron chi connectivity index (χ0n) is 12.0. The number of hydrogen-bond acceptors (Lipinski definition) is 5.